The van der Waals surface area contributed by atoms with Crippen LogP contribution in [0.2, 0.25) is 0 Å². The van der Waals surface area contributed by atoms with Crippen LogP contribution in [0.4, 0.5) is 0 Å². The van der Waals surface area contributed by atoms with Crippen LogP contribution < -0.4 is 0 Å². The van der Waals surface area contributed by atoms with E-state index in [1.807, 2.05) is 6.20 Å². The number of para-hydroxylation sites is 1. The van der Waals surface area contributed by atoms with E-state index in [1.54, 1.807) is 0 Å². The quantitative estimate of drug-likeness (QED) is 0.637. The molecule has 0 bridgehead atoms. The number of fused-ring (bicyclic) bond motifs is 3. The summed E-state index contributed by atoms with van der Waals surface area (Å²) in [6.07, 6.45) is 6.65. The van der Waals surface area contributed by atoms with Crippen LogP contribution >= 0.6 is 0 Å². The molecular formula is C18H17NO. The highest BCUT2D eigenvalue weighted by Gasteiger charge is 2.19. The number of rotatable bonds is 1. The maximum absolute atomic E-state index is 6.17. The smallest absolute Gasteiger partial charge is 0.143 e. The predicted molar refractivity (Wildman–Crippen MR) is 80.8 cm³/mol. The molecule has 1 aliphatic rings. The van der Waals surface area contributed by atoms with Crippen molar-refractivity contribution in [2.24, 2.45) is 0 Å². The second-order valence-corrected chi connectivity index (χ2v) is 5.61. The molecule has 0 amide bonds. The Kier molecular flexibility index (Phi) is 2.62. The molecular weight excluding hydrogens is 246 g/mol. The first-order chi connectivity index (χ1) is 9.83. The molecule has 1 aromatic carbocycles. The molecule has 100 valence electrons. The molecule has 20 heavy (non-hydrogen) atoms. The van der Waals surface area contributed by atoms with Crippen LogP contribution in [0.25, 0.3) is 22.2 Å². The molecule has 2 nitrogen and oxygen atoms in total. The van der Waals surface area contributed by atoms with Crippen LogP contribution in [-0.2, 0) is 12.8 Å². The van der Waals surface area contributed by atoms with Gasteiger partial charge >= 0.3 is 0 Å². The molecule has 0 atom stereocenters. The summed E-state index contributed by atoms with van der Waals surface area (Å²) in [5.41, 5.74) is 5.71. The van der Waals surface area contributed by atoms with Gasteiger partial charge in [-0.1, -0.05) is 18.2 Å². The number of hydrogen-bond donors (Lipinski definition) is 0. The van der Waals surface area contributed by atoms with E-state index in [4.69, 9.17) is 4.42 Å². The Bertz CT molecular complexity index is 768. The van der Waals surface area contributed by atoms with Gasteiger partial charge in [0.15, 0.2) is 0 Å². The lowest BCUT2D eigenvalue weighted by molar-refractivity contribution is 0.506. The summed E-state index contributed by atoms with van der Waals surface area (Å²) in [6.45, 7) is 2.06. The average Bonchev–Trinajstić information content (AvgIpc) is 2.87. The molecule has 2 heterocycles. The highest BCUT2D eigenvalue weighted by Crippen LogP contribution is 2.36. The highest BCUT2D eigenvalue weighted by atomic mass is 16.3. The van der Waals surface area contributed by atoms with Crippen LogP contribution in [-0.4, -0.2) is 4.98 Å². The summed E-state index contributed by atoms with van der Waals surface area (Å²) < 4.78 is 6.17. The van der Waals surface area contributed by atoms with E-state index in [0.717, 1.165) is 29.7 Å². The van der Waals surface area contributed by atoms with Gasteiger partial charge < -0.3 is 4.42 Å². The van der Waals surface area contributed by atoms with Gasteiger partial charge in [0.1, 0.15) is 11.3 Å². The fraction of sp³-hybridized carbons (Fsp3) is 0.278. The standard InChI is InChI=1S/C18H17NO/c1-12-9-10-16(19-11-12)15-7-4-6-14-13-5-2-3-8-17(13)20-18(14)15/h4,6-7,9-11H,2-3,5,8H2,1H3. The first-order valence-electron chi connectivity index (χ1n) is 7.29. The summed E-state index contributed by atoms with van der Waals surface area (Å²) in [4.78, 5) is 4.54. The van der Waals surface area contributed by atoms with E-state index in [-0.39, 0.29) is 0 Å². The molecule has 2 heteroatoms. The molecule has 0 fully saturated rings. The Morgan fingerprint density at radius 1 is 1.05 bits per heavy atom. The zero-order valence-corrected chi connectivity index (χ0v) is 11.6. The van der Waals surface area contributed by atoms with Crippen molar-refractivity contribution in [3.8, 4) is 11.3 Å². The highest BCUT2D eigenvalue weighted by molar-refractivity contribution is 5.94. The van der Waals surface area contributed by atoms with E-state index < -0.39 is 0 Å². The van der Waals surface area contributed by atoms with Gasteiger partial charge in [-0.25, -0.2) is 0 Å². The van der Waals surface area contributed by atoms with Crippen LogP contribution in [0.3, 0.4) is 0 Å². The van der Waals surface area contributed by atoms with Gasteiger partial charge in [0.25, 0.3) is 0 Å². The molecule has 4 rings (SSSR count). The van der Waals surface area contributed by atoms with Crippen LogP contribution in [0, 0.1) is 6.92 Å². The van der Waals surface area contributed by atoms with Crippen LogP contribution in [0.5, 0.6) is 0 Å². The SMILES string of the molecule is Cc1ccc(-c2cccc3c4c(oc23)CCCC4)nc1. The number of aromatic nitrogens is 1. The Morgan fingerprint density at radius 2 is 1.95 bits per heavy atom. The molecule has 1 aliphatic carbocycles. The van der Waals surface area contributed by atoms with E-state index in [1.165, 1.54) is 35.1 Å². The van der Waals surface area contributed by atoms with Crippen molar-refractivity contribution in [1.29, 1.82) is 0 Å². The maximum Gasteiger partial charge on any atom is 0.143 e. The number of nitrogens with zero attached hydrogens (tertiary/aromatic N) is 1. The van der Waals surface area contributed by atoms with E-state index in [2.05, 4.69) is 42.2 Å². The molecule has 3 aromatic rings. The Hall–Kier alpha value is -2.09. The molecule has 0 unspecified atom stereocenters. The summed E-state index contributed by atoms with van der Waals surface area (Å²) in [5.74, 6) is 1.19. The lowest BCUT2D eigenvalue weighted by atomic mass is 9.95. The minimum absolute atomic E-state index is 0.993. The number of hydrogen-bond acceptors (Lipinski definition) is 2. The van der Waals surface area contributed by atoms with E-state index in [0.29, 0.717) is 0 Å². The van der Waals surface area contributed by atoms with Gasteiger partial charge in [-0.3, -0.25) is 4.98 Å². The lowest BCUT2D eigenvalue weighted by Gasteiger charge is -2.08. The van der Waals surface area contributed by atoms with Crippen molar-refractivity contribution in [2.45, 2.75) is 32.6 Å². The number of aryl methyl sites for hydroxylation is 3. The molecule has 0 radical (unpaired) electrons. The summed E-state index contributed by atoms with van der Waals surface area (Å²) in [7, 11) is 0. The number of benzene rings is 1. The van der Waals surface area contributed by atoms with E-state index in [9.17, 15) is 0 Å². The normalized spacial score (nSPS) is 14.4. The molecule has 2 aromatic heterocycles. The number of pyridine rings is 1. The second kappa shape index (κ2) is 4.48. The third kappa shape index (κ3) is 1.75. The predicted octanol–water partition coefficient (Wildman–Crippen LogP) is 4.68. The van der Waals surface area contributed by atoms with Gasteiger partial charge in [0.2, 0.25) is 0 Å². The minimum Gasteiger partial charge on any atom is -0.460 e. The number of furan rings is 1. The first kappa shape index (κ1) is 11.7. The van der Waals surface area contributed by atoms with Gasteiger partial charge in [-0.2, -0.15) is 0 Å². The van der Waals surface area contributed by atoms with E-state index >= 15 is 0 Å². The largest absolute Gasteiger partial charge is 0.460 e. The van der Waals surface area contributed by atoms with Crippen molar-refractivity contribution < 1.29 is 4.42 Å². The van der Waals surface area contributed by atoms with Gasteiger partial charge in [-0.05, 0) is 43.9 Å². The van der Waals surface area contributed by atoms with Crippen molar-refractivity contribution in [3.63, 3.8) is 0 Å². The van der Waals surface area contributed by atoms with Crippen LogP contribution in [0.1, 0.15) is 29.7 Å². The fourth-order valence-electron chi connectivity index (χ4n) is 3.11. The summed E-state index contributed by atoms with van der Waals surface area (Å²) >= 11 is 0. The van der Waals surface area contributed by atoms with Crippen LogP contribution in [0.15, 0.2) is 40.9 Å². The van der Waals surface area contributed by atoms with Crippen molar-refractivity contribution in [1.82, 2.24) is 4.98 Å². The lowest BCUT2D eigenvalue weighted by Crippen LogP contribution is -1.98. The first-order valence-corrected chi connectivity index (χ1v) is 7.29. The Labute approximate surface area is 118 Å². The Morgan fingerprint density at radius 3 is 2.80 bits per heavy atom. The van der Waals surface area contributed by atoms with Gasteiger partial charge in [0, 0.05) is 29.1 Å². The summed E-state index contributed by atoms with van der Waals surface area (Å²) in [6, 6.07) is 10.6. The maximum atomic E-state index is 6.17. The van der Waals surface area contributed by atoms with Crippen molar-refractivity contribution in [2.75, 3.05) is 0 Å². The molecule has 0 saturated heterocycles. The van der Waals surface area contributed by atoms with Crippen molar-refractivity contribution >= 4 is 11.0 Å². The zero-order chi connectivity index (χ0) is 13.5. The van der Waals surface area contributed by atoms with Crippen molar-refractivity contribution in [3.05, 3.63) is 53.4 Å². The molecule has 0 spiro atoms. The average molecular weight is 263 g/mol. The topological polar surface area (TPSA) is 26.0 Å². The minimum atomic E-state index is 0.993. The van der Waals surface area contributed by atoms with Gasteiger partial charge in [0.05, 0.1) is 5.69 Å². The third-order valence-corrected chi connectivity index (χ3v) is 4.17. The third-order valence-electron chi connectivity index (χ3n) is 4.17. The second-order valence-electron chi connectivity index (χ2n) is 5.61. The van der Waals surface area contributed by atoms with Gasteiger partial charge in [-0.15, -0.1) is 0 Å². The summed E-state index contributed by atoms with van der Waals surface area (Å²) in [5, 5.41) is 1.28. The zero-order valence-electron chi connectivity index (χ0n) is 11.6. The molecule has 0 N–H and O–H groups in total. The molecule has 0 aliphatic heterocycles. The molecule has 0 saturated carbocycles. The Balaban J connectivity index is 1.96. The fourth-order valence-corrected chi connectivity index (χ4v) is 3.11. The monoisotopic (exact) mass is 263 g/mol.